The number of aromatic carboxylic acids is 1. The molecule has 1 atom stereocenters. The van der Waals surface area contributed by atoms with Gasteiger partial charge in [-0.1, -0.05) is 11.6 Å². The first-order valence-corrected chi connectivity index (χ1v) is 6.98. The van der Waals surface area contributed by atoms with E-state index in [0.29, 0.717) is 16.0 Å². The molecule has 0 saturated carbocycles. The third kappa shape index (κ3) is 3.30. The molecule has 1 aliphatic heterocycles. The molecular weight excluding hydrogens is 258 g/mol. The number of thioether (sulfide) groups is 1. The van der Waals surface area contributed by atoms with E-state index in [9.17, 15) is 4.79 Å². The molecule has 1 aromatic rings. The molecule has 1 aliphatic rings. The Balaban J connectivity index is 2.06. The zero-order valence-corrected chi connectivity index (χ0v) is 10.9. The van der Waals surface area contributed by atoms with Gasteiger partial charge < -0.3 is 10.4 Å². The maximum Gasteiger partial charge on any atom is 0.337 e. The molecule has 1 heterocycles. The summed E-state index contributed by atoms with van der Waals surface area (Å²) in [5.74, 6) is 0.257. The smallest absolute Gasteiger partial charge is 0.337 e. The molecular formula is C12H14ClNO2S. The van der Waals surface area contributed by atoms with Crippen LogP contribution in [0.25, 0.3) is 0 Å². The number of halogens is 1. The van der Waals surface area contributed by atoms with Gasteiger partial charge >= 0.3 is 5.97 Å². The normalized spacial score (nSPS) is 19.2. The van der Waals surface area contributed by atoms with Crippen molar-refractivity contribution in [3.05, 3.63) is 28.8 Å². The van der Waals surface area contributed by atoms with Crippen LogP contribution in [-0.4, -0.2) is 28.6 Å². The zero-order chi connectivity index (χ0) is 12.3. The summed E-state index contributed by atoms with van der Waals surface area (Å²) >= 11 is 7.74. The highest BCUT2D eigenvalue weighted by Crippen LogP contribution is 2.27. The van der Waals surface area contributed by atoms with E-state index in [-0.39, 0.29) is 5.56 Å². The molecule has 0 bridgehead atoms. The van der Waals surface area contributed by atoms with E-state index >= 15 is 0 Å². The van der Waals surface area contributed by atoms with E-state index in [4.69, 9.17) is 16.7 Å². The Hall–Kier alpha value is -0.870. The summed E-state index contributed by atoms with van der Waals surface area (Å²) in [6.07, 6.45) is 2.46. The summed E-state index contributed by atoms with van der Waals surface area (Å²) in [5.41, 5.74) is 0.884. The van der Waals surface area contributed by atoms with Crippen LogP contribution < -0.4 is 5.32 Å². The van der Waals surface area contributed by atoms with Crippen molar-refractivity contribution >= 4 is 35.0 Å². The number of hydrogen-bond donors (Lipinski definition) is 2. The molecule has 2 N–H and O–H groups in total. The Morgan fingerprint density at radius 2 is 2.41 bits per heavy atom. The minimum Gasteiger partial charge on any atom is -0.478 e. The molecule has 1 fully saturated rings. The van der Waals surface area contributed by atoms with E-state index < -0.39 is 5.97 Å². The van der Waals surface area contributed by atoms with Gasteiger partial charge in [-0.2, -0.15) is 11.8 Å². The molecule has 0 radical (unpaired) electrons. The molecule has 0 amide bonds. The number of carboxylic acid groups (broad SMARTS) is 1. The van der Waals surface area contributed by atoms with E-state index in [1.807, 2.05) is 11.8 Å². The van der Waals surface area contributed by atoms with E-state index in [2.05, 4.69) is 5.32 Å². The topological polar surface area (TPSA) is 49.3 Å². The molecule has 5 heteroatoms. The number of nitrogens with one attached hydrogen (secondary N) is 1. The fourth-order valence-electron chi connectivity index (χ4n) is 1.88. The first-order chi connectivity index (χ1) is 8.16. The van der Waals surface area contributed by atoms with Crippen molar-refractivity contribution in [1.29, 1.82) is 0 Å². The van der Waals surface area contributed by atoms with Crippen molar-refractivity contribution in [2.45, 2.75) is 18.1 Å². The highest BCUT2D eigenvalue weighted by Gasteiger charge is 2.16. The van der Waals surface area contributed by atoms with Crippen molar-refractivity contribution in [2.24, 2.45) is 0 Å². The lowest BCUT2D eigenvalue weighted by atomic mass is 10.1. The third-order valence-corrected chi connectivity index (χ3v) is 4.39. The Kier molecular flexibility index (Phi) is 4.18. The van der Waals surface area contributed by atoms with Gasteiger partial charge in [0.1, 0.15) is 0 Å². The number of anilines is 1. The van der Waals surface area contributed by atoms with Gasteiger partial charge in [-0.15, -0.1) is 0 Å². The summed E-state index contributed by atoms with van der Waals surface area (Å²) < 4.78 is 0. The SMILES string of the molecule is O=C(O)c1cc(Cl)ccc1NCC1CCCS1. The van der Waals surface area contributed by atoms with Gasteiger partial charge in [0.25, 0.3) is 0 Å². The predicted octanol–water partition coefficient (Wildman–Crippen LogP) is 3.35. The molecule has 2 rings (SSSR count). The van der Waals surface area contributed by atoms with Crippen molar-refractivity contribution in [1.82, 2.24) is 0 Å². The molecule has 0 aromatic heterocycles. The average Bonchev–Trinajstić information content (AvgIpc) is 2.80. The molecule has 3 nitrogen and oxygen atoms in total. The van der Waals surface area contributed by atoms with Gasteiger partial charge in [-0.3, -0.25) is 0 Å². The highest BCUT2D eigenvalue weighted by atomic mass is 35.5. The Morgan fingerprint density at radius 1 is 1.59 bits per heavy atom. The largest absolute Gasteiger partial charge is 0.478 e. The van der Waals surface area contributed by atoms with Crippen LogP contribution >= 0.6 is 23.4 Å². The van der Waals surface area contributed by atoms with E-state index in [1.165, 1.54) is 24.7 Å². The summed E-state index contributed by atoms with van der Waals surface area (Å²) in [6.45, 7) is 0.812. The lowest BCUT2D eigenvalue weighted by Crippen LogP contribution is -2.15. The first kappa shape index (κ1) is 12.6. The van der Waals surface area contributed by atoms with Crippen LogP contribution in [0.5, 0.6) is 0 Å². The number of rotatable bonds is 4. The van der Waals surface area contributed by atoms with Crippen molar-refractivity contribution < 1.29 is 9.90 Å². The second kappa shape index (κ2) is 5.65. The second-order valence-electron chi connectivity index (χ2n) is 4.01. The fraction of sp³-hybridized carbons (Fsp3) is 0.417. The molecule has 1 saturated heterocycles. The van der Waals surface area contributed by atoms with Gasteiger partial charge in [0.05, 0.1) is 5.56 Å². The molecule has 0 spiro atoms. The van der Waals surface area contributed by atoms with Crippen LogP contribution in [0.1, 0.15) is 23.2 Å². The van der Waals surface area contributed by atoms with Crippen molar-refractivity contribution in [3.8, 4) is 0 Å². The van der Waals surface area contributed by atoms with Crippen LogP contribution in [0.2, 0.25) is 5.02 Å². The lowest BCUT2D eigenvalue weighted by Gasteiger charge is -2.13. The summed E-state index contributed by atoms with van der Waals surface area (Å²) in [6, 6.07) is 4.91. The molecule has 1 aromatic carbocycles. The van der Waals surface area contributed by atoms with Crippen LogP contribution in [0.3, 0.4) is 0 Å². The second-order valence-corrected chi connectivity index (χ2v) is 5.86. The quantitative estimate of drug-likeness (QED) is 0.882. The standard InChI is InChI=1S/C12H14ClNO2S/c13-8-3-4-11(10(6-8)12(15)16)14-7-9-2-1-5-17-9/h3-4,6,9,14H,1-2,5,7H2,(H,15,16). The van der Waals surface area contributed by atoms with Crippen LogP contribution in [-0.2, 0) is 0 Å². The third-order valence-electron chi connectivity index (χ3n) is 2.76. The van der Waals surface area contributed by atoms with Crippen LogP contribution in [0.15, 0.2) is 18.2 Å². The lowest BCUT2D eigenvalue weighted by molar-refractivity contribution is 0.0698. The van der Waals surface area contributed by atoms with Crippen molar-refractivity contribution in [2.75, 3.05) is 17.6 Å². The number of benzene rings is 1. The first-order valence-electron chi connectivity index (χ1n) is 5.55. The Labute approximate surface area is 110 Å². The van der Waals surface area contributed by atoms with Gasteiger partial charge in [0, 0.05) is 22.5 Å². The van der Waals surface area contributed by atoms with Crippen LogP contribution in [0, 0.1) is 0 Å². The fourth-order valence-corrected chi connectivity index (χ4v) is 3.25. The van der Waals surface area contributed by atoms with E-state index in [1.54, 1.807) is 12.1 Å². The summed E-state index contributed by atoms with van der Waals surface area (Å²) in [4.78, 5) is 11.1. The van der Waals surface area contributed by atoms with Gasteiger partial charge in [-0.25, -0.2) is 4.79 Å². The highest BCUT2D eigenvalue weighted by molar-refractivity contribution is 8.00. The number of carbonyl (C=O) groups is 1. The molecule has 0 aliphatic carbocycles. The minimum atomic E-state index is -0.950. The maximum atomic E-state index is 11.1. The van der Waals surface area contributed by atoms with Crippen molar-refractivity contribution in [3.63, 3.8) is 0 Å². The molecule has 1 unspecified atom stereocenters. The van der Waals surface area contributed by atoms with Crippen LogP contribution in [0.4, 0.5) is 5.69 Å². The predicted molar refractivity (Wildman–Crippen MR) is 72.4 cm³/mol. The number of hydrogen-bond acceptors (Lipinski definition) is 3. The van der Waals surface area contributed by atoms with E-state index in [0.717, 1.165) is 6.54 Å². The van der Waals surface area contributed by atoms with Gasteiger partial charge in [-0.05, 0) is 36.8 Å². The molecule has 92 valence electrons. The van der Waals surface area contributed by atoms with Gasteiger partial charge in [0.15, 0.2) is 0 Å². The summed E-state index contributed by atoms with van der Waals surface area (Å²) in [7, 11) is 0. The maximum absolute atomic E-state index is 11.1. The molecule has 17 heavy (non-hydrogen) atoms. The monoisotopic (exact) mass is 271 g/mol. The minimum absolute atomic E-state index is 0.237. The Morgan fingerprint density at radius 3 is 3.06 bits per heavy atom. The van der Waals surface area contributed by atoms with Gasteiger partial charge in [0.2, 0.25) is 0 Å². The zero-order valence-electron chi connectivity index (χ0n) is 9.28. The summed E-state index contributed by atoms with van der Waals surface area (Å²) in [5, 5.41) is 13.3. The number of carboxylic acids is 1. The Bertz CT molecular complexity index is 419. The average molecular weight is 272 g/mol.